The number of hydrogen-bond acceptors (Lipinski definition) is 4. The van der Waals surface area contributed by atoms with Gasteiger partial charge in [-0.15, -0.1) is 0 Å². The molecule has 3 N–H and O–H groups in total. The van der Waals surface area contributed by atoms with Crippen LogP contribution in [-0.4, -0.2) is 26.8 Å². The molecule has 1 heterocycles. The quantitative estimate of drug-likeness (QED) is 0.278. The molecule has 0 spiro atoms. The van der Waals surface area contributed by atoms with Gasteiger partial charge >= 0.3 is 6.03 Å². The SMILES string of the molecule is Cc1cccc(CNC(=O)n2nc(-c3cc(NC(=O)c4ccc(Cl)cc4)ccc3O)cc2C2CC2)c1. The first-order chi connectivity index (χ1) is 17.4. The van der Waals surface area contributed by atoms with Crippen molar-refractivity contribution in [2.75, 3.05) is 5.32 Å². The molecule has 4 aromatic rings. The van der Waals surface area contributed by atoms with Gasteiger partial charge in [-0.25, -0.2) is 4.79 Å². The van der Waals surface area contributed by atoms with Crippen molar-refractivity contribution >= 4 is 29.2 Å². The lowest BCUT2D eigenvalue weighted by Crippen LogP contribution is -2.30. The molecule has 1 aromatic heterocycles. The molecule has 0 atom stereocenters. The molecule has 36 heavy (non-hydrogen) atoms. The fraction of sp³-hybridized carbons (Fsp3) is 0.179. The van der Waals surface area contributed by atoms with Crippen LogP contribution >= 0.6 is 11.6 Å². The van der Waals surface area contributed by atoms with E-state index in [4.69, 9.17) is 11.6 Å². The number of carbonyl (C=O) groups excluding carboxylic acids is 2. The van der Waals surface area contributed by atoms with Crippen LogP contribution in [0.4, 0.5) is 10.5 Å². The fourth-order valence-electron chi connectivity index (χ4n) is 4.06. The Morgan fingerprint density at radius 3 is 2.56 bits per heavy atom. The highest BCUT2D eigenvalue weighted by atomic mass is 35.5. The number of aryl methyl sites for hydroxylation is 1. The van der Waals surface area contributed by atoms with E-state index in [0.717, 1.165) is 29.7 Å². The van der Waals surface area contributed by atoms with Gasteiger partial charge in [0.25, 0.3) is 5.91 Å². The smallest absolute Gasteiger partial charge is 0.342 e. The third-order valence-electron chi connectivity index (χ3n) is 6.09. The first-order valence-corrected chi connectivity index (χ1v) is 12.1. The van der Waals surface area contributed by atoms with E-state index < -0.39 is 0 Å². The molecular formula is C28H25ClN4O3. The minimum absolute atomic E-state index is 0.00616. The number of nitrogens with one attached hydrogen (secondary N) is 2. The number of phenols is 1. The summed E-state index contributed by atoms with van der Waals surface area (Å²) in [6.45, 7) is 2.39. The Balaban J connectivity index is 1.38. The molecule has 182 valence electrons. The van der Waals surface area contributed by atoms with Gasteiger partial charge in [-0.2, -0.15) is 9.78 Å². The zero-order chi connectivity index (χ0) is 25.2. The van der Waals surface area contributed by atoms with Crippen LogP contribution in [0.25, 0.3) is 11.3 Å². The number of benzene rings is 3. The summed E-state index contributed by atoms with van der Waals surface area (Å²) >= 11 is 5.91. The third kappa shape index (κ3) is 5.26. The molecule has 0 saturated heterocycles. The fourth-order valence-corrected chi connectivity index (χ4v) is 4.18. The van der Waals surface area contributed by atoms with Crippen molar-refractivity contribution in [3.63, 3.8) is 0 Å². The van der Waals surface area contributed by atoms with E-state index in [9.17, 15) is 14.7 Å². The maximum absolute atomic E-state index is 13.0. The van der Waals surface area contributed by atoms with Crippen LogP contribution in [0.15, 0.2) is 72.8 Å². The highest BCUT2D eigenvalue weighted by Crippen LogP contribution is 2.42. The number of phenolic OH excluding ortho intramolecular Hbond substituents is 1. The second-order valence-electron chi connectivity index (χ2n) is 8.98. The maximum atomic E-state index is 13.0. The molecule has 1 aliphatic carbocycles. The second-order valence-corrected chi connectivity index (χ2v) is 9.42. The lowest BCUT2D eigenvalue weighted by molar-refractivity contribution is 0.102. The minimum atomic E-state index is -0.323. The van der Waals surface area contributed by atoms with Crippen LogP contribution in [0.2, 0.25) is 5.02 Å². The monoisotopic (exact) mass is 500 g/mol. The number of rotatable bonds is 6. The molecule has 0 unspecified atom stereocenters. The Morgan fingerprint density at radius 1 is 1.06 bits per heavy atom. The molecule has 5 rings (SSSR count). The van der Waals surface area contributed by atoms with E-state index >= 15 is 0 Å². The Hall–Kier alpha value is -4.10. The number of amides is 2. The van der Waals surface area contributed by atoms with Gasteiger partial charge in [-0.3, -0.25) is 4.79 Å². The van der Waals surface area contributed by atoms with Gasteiger partial charge in [0.15, 0.2) is 0 Å². The van der Waals surface area contributed by atoms with E-state index in [0.29, 0.717) is 34.1 Å². The summed E-state index contributed by atoms with van der Waals surface area (Å²) in [6, 6.07) is 20.8. The van der Waals surface area contributed by atoms with Gasteiger partial charge < -0.3 is 15.7 Å². The average molecular weight is 501 g/mol. The van der Waals surface area contributed by atoms with Crippen LogP contribution in [0, 0.1) is 6.92 Å². The van der Waals surface area contributed by atoms with Crippen molar-refractivity contribution in [2.45, 2.75) is 32.2 Å². The zero-order valence-corrected chi connectivity index (χ0v) is 20.4. The van der Waals surface area contributed by atoms with Gasteiger partial charge in [0, 0.05) is 34.3 Å². The number of halogens is 1. The van der Waals surface area contributed by atoms with E-state index in [2.05, 4.69) is 15.7 Å². The number of hydrogen-bond donors (Lipinski definition) is 3. The first-order valence-electron chi connectivity index (χ1n) is 11.7. The number of anilines is 1. The summed E-state index contributed by atoms with van der Waals surface area (Å²) in [6.07, 6.45) is 1.97. The number of nitrogens with zero attached hydrogens (tertiary/aromatic N) is 2. The van der Waals surface area contributed by atoms with Crippen molar-refractivity contribution in [1.82, 2.24) is 15.1 Å². The van der Waals surface area contributed by atoms with Gasteiger partial charge in [-0.1, -0.05) is 41.4 Å². The second kappa shape index (κ2) is 9.87. The van der Waals surface area contributed by atoms with Crippen LogP contribution in [-0.2, 0) is 6.54 Å². The van der Waals surface area contributed by atoms with Gasteiger partial charge in [-0.05, 0) is 73.9 Å². The molecule has 1 fully saturated rings. The number of aromatic hydroxyl groups is 1. The average Bonchev–Trinajstić information content (AvgIpc) is 3.62. The van der Waals surface area contributed by atoms with Crippen molar-refractivity contribution in [2.24, 2.45) is 0 Å². The third-order valence-corrected chi connectivity index (χ3v) is 6.34. The van der Waals surface area contributed by atoms with Crippen molar-refractivity contribution in [3.8, 4) is 17.0 Å². The number of aromatic nitrogens is 2. The molecule has 7 nitrogen and oxygen atoms in total. The largest absolute Gasteiger partial charge is 0.507 e. The van der Waals surface area contributed by atoms with E-state index in [-0.39, 0.29) is 23.6 Å². The normalized spacial score (nSPS) is 12.8. The summed E-state index contributed by atoms with van der Waals surface area (Å²) in [7, 11) is 0. The Labute approximate surface area is 213 Å². The molecule has 1 saturated carbocycles. The lowest BCUT2D eigenvalue weighted by atomic mass is 10.1. The minimum Gasteiger partial charge on any atom is -0.507 e. The van der Waals surface area contributed by atoms with Crippen LogP contribution in [0.3, 0.4) is 0 Å². The van der Waals surface area contributed by atoms with E-state index in [1.165, 1.54) is 10.7 Å². The highest BCUT2D eigenvalue weighted by Gasteiger charge is 2.30. The van der Waals surface area contributed by atoms with E-state index in [1.54, 1.807) is 36.4 Å². The van der Waals surface area contributed by atoms with Crippen molar-refractivity contribution < 1.29 is 14.7 Å². The van der Waals surface area contributed by atoms with Gasteiger partial charge in [0.1, 0.15) is 5.75 Å². The molecule has 2 amide bonds. The van der Waals surface area contributed by atoms with Crippen LogP contribution in [0.1, 0.15) is 45.9 Å². The number of carbonyl (C=O) groups is 2. The zero-order valence-electron chi connectivity index (χ0n) is 19.7. The lowest BCUT2D eigenvalue weighted by Gasteiger charge is -2.09. The molecule has 0 bridgehead atoms. The summed E-state index contributed by atoms with van der Waals surface area (Å²) in [5, 5.41) is 21.4. The molecule has 1 aliphatic rings. The van der Waals surface area contributed by atoms with Crippen LogP contribution in [0.5, 0.6) is 5.75 Å². The van der Waals surface area contributed by atoms with Crippen LogP contribution < -0.4 is 10.6 Å². The Bertz CT molecular complexity index is 1440. The van der Waals surface area contributed by atoms with E-state index in [1.807, 2.05) is 37.3 Å². The molecule has 0 radical (unpaired) electrons. The standard InChI is InChI=1S/C28H25ClN4O3/c1-17-3-2-4-18(13-17)16-30-28(36)33-25(19-5-6-19)15-24(32-33)23-14-22(11-12-26(23)34)31-27(35)20-7-9-21(29)10-8-20/h2-4,7-15,19,34H,5-6,16H2,1H3,(H,30,36)(H,31,35). The van der Waals surface area contributed by atoms with Gasteiger partial charge in [0.2, 0.25) is 0 Å². The molecule has 8 heteroatoms. The molecular weight excluding hydrogens is 476 g/mol. The molecule has 3 aromatic carbocycles. The van der Waals surface area contributed by atoms with Crippen molar-refractivity contribution in [3.05, 3.63) is 100 Å². The Morgan fingerprint density at radius 2 is 1.83 bits per heavy atom. The van der Waals surface area contributed by atoms with Crippen molar-refractivity contribution in [1.29, 1.82) is 0 Å². The summed E-state index contributed by atoms with van der Waals surface area (Å²) in [5.74, 6) is -0.0411. The molecule has 0 aliphatic heterocycles. The first kappa shape index (κ1) is 23.6. The van der Waals surface area contributed by atoms with Gasteiger partial charge in [0.05, 0.1) is 11.4 Å². The summed E-state index contributed by atoms with van der Waals surface area (Å²) < 4.78 is 1.39. The maximum Gasteiger partial charge on any atom is 0.342 e. The predicted octanol–water partition coefficient (Wildman–Crippen LogP) is 6.11. The summed E-state index contributed by atoms with van der Waals surface area (Å²) in [5.41, 5.74) is 4.78. The topological polar surface area (TPSA) is 96.3 Å². The highest BCUT2D eigenvalue weighted by molar-refractivity contribution is 6.30. The Kier molecular flexibility index (Phi) is 6.48. The summed E-state index contributed by atoms with van der Waals surface area (Å²) in [4.78, 5) is 25.7. The predicted molar refractivity (Wildman–Crippen MR) is 140 cm³/mol.